The van der Waals surface area contributed by atoms with Gasteiger partial charge in [-0.25, -0.2) is 0 Å². The van der Waals surface area contributed by atoms with Gasteiger partial charge in [0.1, 0.15) is 0 Å². The molecule has 1 unspecified atom stereocenters. The molecule has 0 aliphatic heterocycles. The molecule has 0 radical (unpaired) electrons. The average molecular weight is 267 g/mol. The Labute approximate surface area is 120 Å². The van der Waals surface area contributed by atoms with Crippen LogP contribution in [0.15, 0.2) is 47.3 Å². The Hall–Kier alpha value is -1.83. The monoisotopic (exact) mass is 267 g/mol. The van der Waals surface area contributed by atoms with Gasteiger partial charge in [-0.15, -0.1) is 0 Å². The molecule has 104 valence electrons. The average Bonchev–Trinajstić information content (AvgIpc) is 2.51. The second kappa shape index (κ2) is 5.66. The number of pyridine rings is 1. The molecule has 1 heterocycles. The minimum Gasteiger partial charge on any atom is -0.305 e. The first-order valence-electron chi connectivity index (χ1n) is 7.59. The van der Waals surface area contributed by atoms with Gasteiger partial charge in [-0.1, -0.05) is 43.3 Å². The summed E-state index contributed by atoms with van der Waals surface area (Å²) in [5.74, 6) is 0. The molecule has 1 aromatic carbocycles. The van der Waals surface area contributed by atoms with E-state index < -0.39 is 0 Å². The lowest BCUT2D eigenvalue weighted by Gasteiger charge is -2.27. The maximum atomic E-state index is 12.4. The Bertz CT molecular complexity index is 642. The van der Waals surface area contributed by atoms with Gasteiger partial charge in [0.2, 0.25) is 0 Å². The molecular formula is C18H21NO. The third-order valence-corrected chi connectivity index (χ3v) is 4.32. The number of benzene rings is 1. The highest BCUT2D eigenvalue weighted by molar-refractivity contribution is 5.28. The molecule has 0 saturated heterocycles. The van der Waals surface area contributed by atoms with Gasteiger partial charge in [0.15, 0.2) is 0 Å². The van der Waals surface area contributed by atoms with Crippen LogP contribution in [0.1, 0.15) is 49.0 Å². The molecule has 1 aliphatic carbocycles. The number of hydrogen-bond donors (Lipinski definition) is 0. The predicted octanol–water partition coefficient (Wildman–Crippen LogP) is 3.73. The van der Waals surface area contributed by atoms with Crippen LogP contribution in [0.2, 0.25) is 0 Å². The van der Waals surface area contributed by atoms with Crippen LogP contribution in [0.25, 0.3) is 0 Å². The summed E-state index contributed by atoms with van der Waals surface area (Å²) >= 11 is 0. The maximum absolute atomic E-state index is 12.4. The van der Waals surface area contributed by atoms with Crippen molar-refractivity contribution >= 4 is 0 Å². The zero-order valence-corrected chi connectivity index (χ0v) is 12.0. The van der Waals surface area contributed by atoms with Gasteiger partial charge in [-0.3, -0.25) is 4.79 Å². The van der Waals surface area contributed by atoms with Crippen molar-refractivity contribution in [3.8, 4) is 0 Å². The summed E-state index contributed by atoms with van der Waals surface area (Å²) < 4.78 is 2.05. The summed E-state index contributed by atoms with van der Waals surface area (Å²) in [7, 11) is 0. The fourth-order valence-electron chi connectivity index (χ4n) is 3.34. The molecule has 2 aromatic rings. The Balaban J connectivity index is 2.15. The zero-order chi connectivity index (χ0) is 13.9. The molecule has 0 saturated carbocycles. The number of fused-ring (bicyclic) bond motifs is 1. The van der Waals surface area contributed by atoms with E-state index in [1.807, 2.05) is 16.7 Å². The van der Waals surface area contributed by atoms with Crippen LogP contribution in [0.3, 0.4) is 0 Å². The molecular weight excluding hydrogens is 246 g/mol. The maximum Gasteiger partial charge on any atom is 0.251 e. The van der Waals surface area contributed by atoms with Crippen LogP contribution in [0, 0.1) is 0 Å². The van der Waals surface area contributed by atoms with E-state index in [1.165, 1.54) is 29.7 Å². The van der Waals surface area contributed by atoms with Gasteiger partial charge in [0.25, 0.3) is 5.56 Å². The number of hydrogen-bond acceptors (Lipinski definition) is 1. The van der Waals surface area contributed by atoms with Gasteiger partial charge >= 0.3 is 0 Å². The van der Waals surface area contributed by atoms with E-state index in [4.69, 9.17) is 0 Å². The summed E-state index contributed by atoms with van der Waals surface area (Å²) in [6.07, 6.45) is 5.53. The Morgan fingerprint density at radius 3 is 2.55 bits per heavy atom. The van der Waals surface area contributed by atoms with E-state index in [0.717, 1.165) is 19.3 Å². The summed E-state index contributed by atoms with van der Waals surface area (Å²) in [5.41, 5.74) is 4.00. The van der Waals surface area contributed by atoms with E-state index in [1.54, 1.807) is 6.07 Å². The number of aromatic nitrogens is 1. The van der Waals surface area contributed by atoms with Crippen molar-refractivity contribution in [2.24, 2.45) is 0 Å². The normalized spacial score (nSPS) is 15.7. The summed E-state index contributed by atoms with van der Waals surface area (Å²) in [6.45, 7) is 2.16. The fraction of sp³-hybridized carbons (Fsp3) is 0.389. The lowest BCUT2D eigenvalue weighted by atomic mass is 9.94. The number of aryl methyl sites for hydroxylation is 1. The number of nitrogens with zero attached hydrogens (tertiary/aromatic N) is 1. The van der Waals surface area contributed by atoms with Crippen LogP contribution in [-0.2, 0) is 12.8 Å². The van der Waals surface area contributed by atoms with Crippen LogP contribution < -0.4 is 5.56 Å². The molecule has 0 bridgehead atoms. The highest BCUT2D eigenvalue weighted by Gasteiger charge is 2.20. The second-order valence-corrected chi connectivity index (χ2v) is 5.56. The van der Waals surface area contributed by atoms with Gasteiger partial charge in [-0.2, -0.15) is 0 Å². The van der Waals surface area contributed by atoms with Gasteiger partial charge in [-0.05, 0) is 43.2 Å². The molecule has 0 N–H and O–H groups in total. The van der Waals surface area contributed by atoms with Crippen molar-refractivity contribution in [1.29, 1.82) is 0 Å². The molecule has 0 amide bonds. The van der Waals surface area contributed by atoms with Crippen molar-refractivity contribution in [2.75, 3.05) is 0 Å². The summed E-state index contributed by atoms with van der Waals surface area (Å²) in [4.78, 5) is 12.4. The minimum absolute atomic E-state index is 0.140. The predicted molar refractivity (Wildman–Crippen MR) is 82.2 cm³/mol. The standard InChI is InChI=1S/C18H21NO/c1-2-16(14-8-4-3-5-9-14)19-17-11-7-6-10-15(17)12-13-18(19)20/h3-5,8-9,12-13,16H,2,6-7,10-11H2,1H3. The SMILES string of the molecule is CCC(c1ccccc1)n1c2c(ccc1=O)CCCC2. The van der Waals surface area contributed by atoms with Crippen molar-refractivity contribution in [2.45, 2.75) is 45.1 Å². The van der Waals surface area contributed by atoms with Crippen molar-refractivity contribution in [3.63, 3.8) is 0 Å². The van der Waals surface area contributed by atoms with E-state index in [0.29, 0.717) is 0 Å². The third kappa shape index (κ3) is 2.31. The lowest BCUT2D eigenvalue weighted by Crippen LogP contribution is -2.30. The largest absolute Gasteiger partial charge is 0.305 e. The molecule has 1 aliphatic rings. The molecule has 3 rings (SSSR count). The van der Waals surface area contributed by atoms with Crippen molar-refractivity contribution in [3.05, 3.63) is 69.6 Å². The van der Waals surface area contributed by atoms with Crippen LogP contribution >= 0.6 is 0 Å². The van der Waals surface area contributed by atoms with Gasteiger partial charge in [0, 0.05) is 11.8 Å². The first kappa shape index (κ1) is 13.2. The lowest BCUT2D eigenvalue weighted by molar-refractivity contribution is 0.501. The molecule has 20 heavy (non-hydrogen) atoms. The number of rotatable bonds is 3. The third-order valence-electron chi connectivity index (χ3n) is 4.32. The molecule has 0 fully saturated rings. The van der Waals surface area contributed by atoms with E-state index >= 15 is 0 Å². The fourth-order valence-corrected chi connectivity index (χ4v) is 3.34. The van der Waals surface area contributed by atoms with Crippen LogP contribution in [-0.4, -0.2) is 4.57 Å². The van der Waals surface area contributed by atoms with Crippen molar-refractivity contribution < 1.29 is 0 Å². The molecule has 1 atom stereocenters. The zero-order valence-electron chi connectivity index (χ0n) is 12.0. The smallest absolute Gasteiger partial charge is 0.251 e. The molecule has 1 aromatic heterocycles. The quantitative estimate of drug-likeness (QED) is 0.830. The van der Waals surface area contributed by atoms with Gasteiger partial charge in [0.05, 0.1) is 6.04 Å². The highest BCUT2D eigenvalue weighted by atomic mass is 16.1. The van der Waals surface area contributed by atoms with Crippen molar-refractivity contribution in [1.82, 2.24) is 4.57 Å². The summed E-state index contributed by atoms with van der Waals surface area (Å²) in [6, 6.07) is 14.3. The van der Waals surface area contributed by atoms with E-state index in [-0.39, 0.29) is 11.6 Å². The molecule has 2 heteroatoms. The second-order valence-electron chi connectivity index (χ2n) is 5.56. The van der Waals surface area contributed by atoms with E-state index in [9.17, 15) is 4.79 Å². The Kier molecular flexibility index (Phi) is 3.72. The van der Waals surface area contributed by atoms with E-state index in [2.05, 4.69) is 31.2 Å². The van der Waals surface area contributed by atoms with Gasteiger partial charge < -0.3 is 4.57 Å². The first-order valence-corrected chi connectivity index (χ1v) is 7.59. The van der Waals surface area contributed by atoms with Crippen LogP contribution in [0.4, 0.5) is 0 Å². The molecule has 0 spiro atoms. The molecule has 2 nitrogen and oxygen atoms in total. The summed E-state index contributed by atoms with van der Waals surface area (Å²) in [5, 5.41) is 0. The Morgan fingerprint density at radius 2 is 1.80 bits per heavy atom. The Morgan fingerprint density at radius 1 is 1.05 bits per heavy atom. The van der Waals surface area contributed by atoms with Crippen LogP contribution in [0.5, 0.6) is 0 Å². The highest BCUT2D eigenvalue weighted by Crippen LogP contribution is 2.26. The topological polar surface area (TPSA) is 22.0 Å². The minimum atomic E-state index is 0.140. The first-order chi connectivity index (χ1) is 9.81.